The Morgan fingerprint density at radius 3 is 2.05 bits per heavy atom. The number of rotatable bonds is 19. The number of hydrogen-bond acceptors (Lipinski definition) is 6. The van der Waals surface area contributed by atoms with E-state index in [0.717, 1.165) is 4.90 Å². The van der Waals surface area contributed by atoms with Crippen molar-refractivity contribution in [3.63, 3.8) is 0 Å². The molecule has 0 aliphatic rings. The lowest BCUT2D eigenvalue weighted by molar-refractivity contribution is -0.138. The molecule has 0 heterocycles. The SMILES string of the molecule is CCC.[B]CNC(=O)C(CCCNC(N)=O)NC(=O)C(NC(=O)CCCCCN(C=O)C(=O)CCC)C(C)C. The van der Waals surface area contributed by atoms with Crippen LogP contribution in [-0.4, -0.2) is 80.4 Å². The molecule has 6 N–H and O–H groups in total. The van der Waals surface area contributed by atoms with Gasteiger partial charge in [0.25, 0.3) is 0 Å². The van der Waals surface area contributed by atoms with Crippen molar-refractivity contribution in [1.29, 1.82) is 0 Å². The number of imide groups is 1. The topological polar surface area (TPSA) is 180 Å². The number of unbranched alkanes of at least 4 members (excludes halogenated alkanes) is 2. The van der Waals surface area contributed by atoms with E-state index in [1.165, 1.54) is 6.42 Å². The predicted molar refractivity (Wildman–Crippen MR) is 151 cm³/mol. The van der Waals surface area contributed by atoms with Crippen LogP contribution in [0.3, 0.4) is 0 Å². The molecule has 0 aromatic heterocycles. The monoisotopic (exact) mass is 552 g/mol. The van der Waals surface area contributed by atoms with E-state index in [0.29, 0.717) is 51.5 Å². The van der Waals surface area contributed by atoms with Crippen molar-refractivity contribution in [2.24, 2.45) is 11.7 Å². The van der Waals surface area contributed by atoms with Gasteiger partial charge in [-0.1, -0.05) is 47.5 Å². The number of nitrogens with two attached hydrogens (primary N) is 1. The fraction of sp³-hybridized carbons (Fsp3) is 0.769. The fourth-order valence-electron chi connectivity index (χ4n) is 3.39. The molecule has 0 rings (SSSR count). The molecule has 0 bridgehead atoms. The standard InChI is InChI=1S/C23H41BN6O6.C3H8/c1-4-9-19(33)30(15-31)13-7-5-6-11-18(32)29-20(16(2)3)22(35)28-17(21(34)27-14-24)10-8-12-26-23(25)36;1-3-2/h15-17,20H,4-14H2,1-3H3,(H,27,34)(H,28,35)(H,29,32)(H3,25,26,36);3H2,1-2H3. The van der Waals surface area contributed by atoms with E-state index in [4.69, 9.17) is 13.6 Å². The summed E-state index contributed by atoms with van der Waals surface area (Å²) in [6.45, 7) is 10.2. The van der Waals surface area contributed by atoms with Crippen molar-refractivity contribution >= 4 is 43.9 Å². The number of hydrogen-bond donors (Lipinski definition) is 5. The first-order valence-electron chi connectivity index (χ1n) is 13.8. The molecular weight excluding hydrogens is 503 g/mol. The number of carbonyl (C=O) groups excluding carboxylic acids is 6. The van der Waals surface area contributed by atoms with Crippen molar-refractivity contribution in [3.8, 4) is 0 Å². The Kier molecular flexibility index (Phi) is 23.4. The Morgan fingerprint density at radius 1 is 0.897 bits per heavy atom. The van der Waals surface area contributed by atoms with E-state index in [9.17, 15) is 28.8 Å². The van der Waals surface area contributed by atoms with Gasteiger partial charge in [0.05, 0.1) is 7.85 Å². The summed E-state index contributed by atoms with van der Waals surface area (Å²) < 4.78 is 0. The fourth-order valence-corrected chi connectivity index (χ4v) is 3.39. The summed E-state index contributed by atoms with van der Waals surface area (Å²) in [5.41, 5.74) is 5.03. The van der Waals surface area contributed by atoms with Gasteiger partial charge >= 0.3 is 6.03 Å². The van der Waals surface area contributed by atoms with Crippen LogP contribution in [0.15, 0.2) is 0 Å². The highest BCUT2D eigenvalue weighted by Gasteiger charge is 2.28. The second-order valence-electron chi connectivity index (χ2n) is 9.49. The molecule has 0 fully saturated rings. The van der Waals surface area contributed by atoms with Gasteiger partial charge < -0.3 is 27.0 Å². The number of urea groups is 1. The molecule has 2 radical (unpaired) electrons. The summed E-state index contributed by atoms with van der Waals surface area (Å²) in [5, 5.41) is 10.2. The number of carbonyl (C=O) groups is 6. The van der Waals surface area contributed by atoms with E-state index in [-0.39, 0.29) is 43.6 Å². The van der Waals surface area contributed by atoms with Crippen molar-refractivity contribution < 1.29 is 28.8 Å². The van der Waals surface area contributed by atoms with Crippen LogP contribution in [0.1, 0.15) is 92.4 Å². The minimum atomic E-state index is -0.898. The molecule has 0 aliphatic carbocycles. The van der Waals surface area contributed by atoms with E-state index < -0.39 is 29.9 Å². The molecule has 0 aromatic rings. The van der Waals surface area contributed by atoms with Gasteiger partial charge in [-0.3, -0.25) is 28.9 Å². The molecular formula is C26H49BN6O6. The van der Waals surface area contributed by atoms with Crippen LogP contribution in [0.5, 0.6) is 0 Å². The van der Waals surface area contributed by atoms with Crippen molar-refractivity contribution in [2.75, 3.05) is 19.5 Å². The Balaban J connectivity index is 0. The lowest BCUT2D eigenvalue weighted by Gasteiger charge is -2.25. The highest BCUT2D eigenvalue weighted by Crippen LogP contribution is 2.08. The molecule has 7 amide bonds. The molecule has 0 spiro atoms. The highest BCUT2D eigenvalue weighted by molar-refractivity contribution is 6.10. The Bertz CT molecular complexity index is 752. The van der Waals surface area contributed by atoms with E-state index in [1.807, 2.05) is 6.92 Å². The van der Waals surface area contributed by atoms with Gasteiger partial charge in [0.15, 0.2) is 0 Å². The molecule has 0 saturated heterocycles. The van der Waals surface area contributed by atoms with Gasteiger partial charge in [-0.25, -0.2) is 4.79 Å². The van der Waals surface area contributed by atoms with Crippen LogP contribution in [0.4, 0.5) is 4.79 Å². The van der Waals surface area contributed by atoms with Gasteiger partial charge in [-0.15, -0.1) is 0 Å². The number of primary amides is 1. The Morgan fingerprint density at radius 2 is 1.54 bits per heavy atom. The zero-order chi connectivity index (χ0) is 30.2. The van der Waals surface area contributed by atoms with E-state index in [1.54, 1.807) is 13.8 Å². The molecule has 13 heteroatoms. The van der Waals surface area contributed by atoms with Gasteiger partial charge in [0.1, 0.15) is 12.1 Å². The van der Waals surface area contributed by atoms with E-state index in [2.05, 4.69) is 35.1 Å². The summed E-state index contributed by atoms with van der Waals surface area (Å²) in [7, 11) is 5.38. The van der Waals surface area contributed by atoms with Crippen LogP contribution in [0.25, 0.3) is 0 Å². The van der Waals surface area contributed by atoms with Gasteiger partial charge in [-0.2, -0.15) is 0 Å². The van der Waals surface area contributed by atoms with Crippen LogP contribution < -0.4 is 27.0 Å². The molecule has 2 unspecified atom stereocenters. The third-order valence-corrected chi connectivity index (χ3v) is 5.36. The smallest absolute Gasteiger partial charge is 0.312 e. The molecule has 39 heavy (non-hydrogen) atoms. The summed E-state index contributed by atoms with van der Waals surface area (Å²) in [6, 6.07) is -2.44. The Hall–Kier alpha value is -3.12. The summed E-state index contributed by atoms with van der Waals surface area (Å²) in [6.07, 6.45) is 5.20. The lowest BCUT2D eigenvalue weighted by Crippen LogP contribution is -2.55. The number of amides is 7. The van der Waals surface area contributed by atoms with Crippen LogP contribution in [-0.2, 0) is 24.0 Å². The zero-order valence-electron chi connectivity index (χ0n) is 24.3. The van der Waals surface area contributed by atoms with Crippen molar-refractivity contribution in [1.82, 2.24) is 26.2 Å². The van der Waals surface area contributed by atoms with Crippen LogP contribution >= 0.6 is 0 Å². The average molecular weight is 553 g/mol. The minimum Gasteiger partial charge on any atom is -0.363 e. The first-order valence-corrected chi connectivity index (χ1v) is 13.8. The second-order valence-corrected chi connectivity index (χ2v) is 9.49. The maximum atomic E-state index is 12.9. The molecule has 0 aromatic carbocycles. The molecule has 0 saturated carbocycles. The average Bonchev–Trinajstić information content (AvgIpc) is 2.86. The maximum absolute atomic E-state index is 12.9. The normalized spacial score (nSPS) is 11.7. The van der Waals surface area contributed by atoms with Crippen LogP contribution in [0, 0.1) is 5.92 Å². The Labute approximate surface area is 234 Å². The quantitative estimate of drug-likeness (QED) is 0.0908. The second kappa shape index (κ2) is 24.0. The summed E-state index contributed by atoms with van der Waals surface area (Å²) in [4.78, 5) is 72.5. The van der Waals surface area contributed by atoms with Gasteiger partial charge in [0, 0.05) is 25.9 Å². The highest BCUT2D eigenvalue weighted by atomic mass is 16.2. The van der Waals surface area contributed by atoms with Crippen molar-refractivity contribution in [3.05, 3.63) is 0 Å². The lowest BCUT2D eigenvalue weighted by atomic mass is 10.0. The molecule has 222 valence electrons. The summed E-state index contributed by atoms with van der Waals surface area (Å²) in [5.74, 6) is -1.74. The minimum absolute atomic E-state index is 0.105. The predicted octanol–water partition coefficient (Wildman–Crippen LogP) is 1.06. The number of nitrogens with one attached hydrogen (secondary N) is 4. The largest absolute Gasteiger partial charge is 0.363 e. The van der Waals surface area contributed by atoms with Gasteiger partial charge in [0.2, 0.25) is 30.0 Å². The maximum Gasteiger partial charge on any atom is 0.312 e. The number of nitrogens with zero attached hydrogens (tertiary/aromatic N) is 1. The molecule has 0 aliphatic heterocycles. The third kappa shape index (κ3) is 19.6. The summed E-state index contributed by atoms with van der Waals surface area (Å²) >= 11 is 0. The first-order chi connectivity index (χ1) is 18.5. The van der Waals surface area contributed by atoms with Crippen LogP contribution in [0.2, 0.25) is 0 Å². The third-order valence-electron chi connectivity index (χ3n) is 5.36. The molecule has 12 nitrogen and oxygen atoms in total. The first kappa shape index (κ1) is 38.0. The van der Waals surface area contributed by atoms with Crippen molar-refractivity contribution in [2.45, 2.75) is 104 Å². The van der Waals surface area contributed by atoms with Gasteiger partial charge in [-0.05, 0) is 44.5 Å². The van der Waals surface area contributed by atoms with E-state index >= 15 is 0 Å². The molecule has 2 atom stereocenters. The zero-order valence-corrected chi connectivity index (χ0v) is 24.3.